The van der Waals surface area contributed by atoms with Gasteiger partial charge in [-0.25, -0.2) is 0 Å². The zero-order valence-corrected chi connectivity index (χ0v) is 20.8. The first-order valence-electron chi connectivity index (χ1n) is 11.7. The van der Waals surface area contributed by atoms with Crippen molar-refractivity contribution >= 4 is 29.2 Å². The molecule has 33 heavy (non-hydrogen) atoms. The van der Waals surface area contributed by atoms with Crippen LogP contribution in [0.15, 0.2) is 59.8 Å². The smallest absolute Gasteiger partial charge is 0.162 e. The third-order valence-corrected chi connectivity index (χ3v) is 6.18. The molecule has 1 aliphatic heterocycles. The molecule has 0 spiro atoms. The zero-order chi connectivity index (χ0) is 23.4. The lowest BCUT2D eigenvalue weighted by molar-refractivity contribution is 0.340. The fourth-order valence-electron chi connectivity index (χ4n) is 4.18. The summed E-state index contributed by atoms with van der Waals surface area (Å²) in [5.41, 5.74) is 4.72. The molecule has 2 aromatic heterocycles. The van der Waals surface area contributed by atoms with Crippen molar-refractivity contribution in [2.75, 3.05) is 18.1 Å². The SMILES string of the molecule is CCC.CCOc1ccc(-n2cc3c(C)nnc(N4CCc5ccccc5C4)c3c2S)cc1. The molecular weight excluding hydrogens is 428 g/mol. The molecule has 0 amide bonds. The van der Waals surface area contributed by atoms with Crippen molar-refractivity contribution in [2.24, 2.45) is 0 Å². The Morgan fingerprint density at radius 2 is 1.67 bits per heavy atom. The maximum absolute atomic E-state index is 5.58. The predicted octanol–water partition coefficient (Wildman–Crippen LogP) is 6.40. The Balaban J connectivity index is 0.000000821. The number of aryl methyl sites for hydroxylation is 1. The highest BCUT2D eigenvalue weighted by Crippen LogP contribution is 2.36. The van der Waals surface area contributed by atoms with Crippen LogP contribution in [0.2, 0.25) is 0 Å². The predicted molar refractivity (Wildman–Crippen MR) is 139 cm³/mol. The molecule has 2 aromatic carbocycles. The van der Waals surface area contributed by atoms with Crippen molar-refractivity contribution in [3.8, 4) is 11.4 Å². The first-order chi connectivity index (χ1) is 16.1. The van der Waals surface area contributed by atoms with Crippen LogP contribution in [0.4, 0.5) is 5.82 Å². The van der Waals surface area contributed by atoms with Crippen LogP contribution in [0.3, 0.4) is 0 Å². The molecular formula is C27H32N4OS. The zero-order valence-electron chi connectivity index (χ0n) is 19.9. The Bertz CT molecular complexity index is 1230. The van der Waals surface area contributed by atoms with E-state index >= 15 is 0 Å². The third-order valence-electron chi connectivity index (χ3n) is 5.74. The standard InChI is InChI=1S/C24H24N4OS.C3H8/c1-3-29-20-10-8-19(9-11-20)28-15-21-16(2)25-26-23(22(21)24(28)30)27-13-12-17-6-4-5-7-18(17)14-27;1-3-2/h4-11,15,30H,3,12-14H2,1-2H3;3H2,1-2H3. The Morgan fingerprint density at radius 3 is 2.36 bits per heavy atom. The van der Waals surface area contributed by atoms with E-state index in [1.165, 1.54) is 17.5 Å². The van der Waals surface area contributed by atoms with Gasteiger partial charge in [0.2, 0.25) is 0 Å². The first-order valence-corrected chi connectivity index (χ1v) is 12.1. The van der Waals surface area contributed by atoms with Crippen molar-refractivity contribution in [2.45, 2.75) is 52.1 Å². The lowest BCUT2D eigenvalue weighted by Crippen LogP contribution is -2.31. The molecule has 3 heterocycles. The van der Waals surface area contributed by atoms with E-state index in [9.17, 15) is 0 Å². The summed E-state index contributed by atoms with van der Waals surface area (Å²) in [5, 5.41) is 12.1. The molecule has 1 aliphatic rings. The van der Waals surface area contributed by atoms with Crippen molar-refractivity contribution in [1.82, 2.24) is 14.8 Å². The van der Waals surface area contributed by atoms with Crippen LogP contribution in [0.5, 0.6) is 5.75 Å². The number of anilines is 1. The molecule has 0 saturated carbocycles. The molecule has 5 rings (SSSR count). The van der Waals surface area contributed by atoms with Crippen LogP contribution in [0.25, 0.3) is 16.5 Å². The highest BCUT2D eigenvalue weighted by atomic mass is 32.1. The molecule has 0 atom stereocenters. The summed E-state index contributed by atoms with van der Waals surface area (Å²) < 4.78 is 7.68. The Hall–Kier alpha value is -2.99. The quantitative estimate of drug-likeness (QED) is 0.358. The van der Waals surface area contributed by atoms with Crippen LogP contribution >= 0.6 is 12.6 Å². The van der Waals surface area contributed by atoms with E-state index in [2.05, 4.69) is 76.1 Å². The van der Waals surface area contributed by atoms with E-state index in [4.69, 9.17) is 17.4 Å². The van der Waals surface area contributed by atoms with Gasteiger partial charge in [0, 0.05) is 30.4 Å². The normalized spacial score (nSPS) is 12.8. The molecule has 6 heteroatoms. The second kappa shape index (κ2) is 10.3. The average molecular weight is 461 g/mol. The number of nitrogens with zero attached hydrogens (tertiary/aromatic N) is 4. The van der Waals surface area contributed by atoms with Gasteiger partial charge < -0.3 is 14.2 Å². The van der Waals surface area contributed by atoms with Gasteiger partial charge >= 0.3 is 0 Å². The second-order valence-corrected chi connectivity index (χ2v) is 8.72. The van der Waals surface area contributed by atoms with Gasteiger partial charge in [-0.15, -0.1) is 17.7 Å². The van der Waals surface area contributed by atoms with E-state index in [-0.39, 0.29) is 0 Å². The monoisotopic (exact) mass is 460 g/mol. The third kappa shape index (κ3) is 4.71. The fourth-order valence-corrected chi connectivity index (χ4v) is 4.57. The number of ether oxygens (including phenoxy) is 1. The lowest BCUT2D eigenvalue weighted by atomic mass is 10.00. The topological polar surface area (TPSA) is 43.2 Å². The average Bonchev–Trinajstić information content (AvgIpc) is 3.18. The van der Waals surface area contributed by atoms with Gasteiger partial charge in [-0.05, 0) is 55.7 Å². The second-order valence-electron chi connectivity index (χ2n) is 8.29. The molecule has 0 N–H and O–H groups in total. The number of benzene rings is 2. The molecule has 0 unspecified atom stereocenters. The number of fused-ring (bicyclic) bond motifs is 2. The largest absolute Gasteiger partial charge is 0.494 e. The molecule has 5 nitrogen and oxygen atoms in total. The number of hydrogen-bond acceptors (Lipinski definition) is 5. The van der Waals surface area contributed by atoms with Crippen LogP contribution in [-0.2, 0) is 13.0 Å². The van der Waals surface area contributed by atoms with Crippen LogP contribution in [0, 0.1) is 6.92 Å². The van der Waals surface area contributed by atoms with E-state index in [1.807, 2.05) is 26.0 Å². The van der Waals surface area contributed by atoms with Crippen LogP contribution < -0.4 is 9.64 Å². The van der Waals surface area contributed by atoms with E-state index in [0.29, 0.717) is 6.61 Å². The molecule has 0 aliphatic carbocycles. The van der Waals surface area contributed by atoms with Gasteiger partial charge in [0.15, 0.2) is 5.82 Å². The maximum Gasteiger partial charge on any atom is 0.162 e. The number of aromatic nitrogens is 3. The summed E-state index contributed by atoms with van der Waals surface area (Å²) in [5.74, 6) is 1.77. The number of hydrogen-bond donors (Lipinski definition) is 1. The van der Waals surface area contributed by atoms with Gasteiger partial charge in [-0.2, -0.15) is 5.10 Å². The number of rotatable bonds is 4. The summed E-state index contributed by atoms with van der Waals surface area (Å²) in [7, 11) is 0. The highest BCUT2D eigenvalue weighted by Gasteiger charge is 2.23. The van der Waals surface area contributed by atoms with E-state index in [1.54, 1.807) is 0 Å². The summed E-state index contributed by atoms with van der Waals surface area (Å²) in [4.78, 5) is 2.32. The molecule has 0 bridgehead atoms. The van der Waals surface area contributed by atoms with Crippen molar-refractivity contribution in [3.05, 3.63) is 71.5 Å². The van der Waals surface area contributed by atoms with Gasteiger partial charge in [0.05, 0.1) is 22.7 Å². The van der Waals surface area contributed by atoms with E-state index in [0.717, 1.165) is 58.3 Å². The van der Waals surface area contributed by atoms with Gasteiger partial charge in [-0.1, -0.05) is 44.5 Å². The minimum atomic E-state index is 0.656. The minimum absolute atomic E-state index is 0.656. The Morgan fingerprint density at radius 1 is 0.970 bits per heavy atom. The lowest BCUT2D eigenvalue weighted by Gasteiger charge is -2.30. The summed E-state index contributed by atoms with van der Waals surface area (Å²) in [6.07, 6.45) is 4.37. The molecule has 0 radical (unpaired) electrons. The summed E-state index contributed by atoms with van der Waals surface area (Å²) in [6, 6.07) is 16.7. The van der Waals surface area contributed by atoms with Crippen molar-refractivity contribution < 1.29 is 4.74 Å². The molecule has 0 saturated heterocycles. The van der Waals surface area contributed by atoms with Crippen molar-refractivity contribution in [1.29, 1.82) is 0 Å². The van der Waals surface area contributed by atoms with E-state index < -0.39 is 0 Å². The highest BCUT2D eigenvalue weighted by molar-refractivity contribution is 7.80. The van der Waals surface area contributed by atoms with Gasteiger partial charge in [-0.3, -0.25) is 0 Å². The van der Waals surface area contributed by atoms with Crippen molar-refractivity contribution in [3.63, 3.8) is 0 Å². The minimum Gasteiger partial charge on any atom is -0.494 e. The van der Waals surface area contributed by atoms with Crippen LogP contribution in [0.1, 0.15) is 44.0 Å². The first kappa shape index (κ1) is 23.2. The number of thiol groups is 1. The molecule has 4 aromatic rings. The molecule has 172 valence electrons. The Labute approximate surface area is 201 Å². The van der Waals surface area contributed by atoms with Gasteiger partial charge in [0.1, 0.15) is 5.75 Å². The summed E-state index contributed by atoms with van der Waals surface area (Å²) in [6.45, 7) is 10.7. The summed E-state index contributed by atoms with van der Waals surface area (Å²) >= 11 is 4.92. The molecule has 0 fully saturated rings. The van der Waals surface area contributed by atoms with Gasteiger partial charge in [0.25, 0.3) is 0 Å². The van der Waals surface area contributed by atoms with Crippen LogP contribution in [-0.4, -0.2) is 27.9 Å². The Kier molecular flexibility index (Phi) is 7.23. The maximum atomic E-state index is 5.58. The fraction of sp³-hybridized carbons (Fsp3) is 0.333.